The van der Waals surface area contributed by atoms with Crippen molar-refractivity contribution in [2.45, 2.75) is 21.6 Å². The van der Waals surface area contributed by atoms with E-state index in [0.29, 0.717) is 16.9 Å². The molecular formula is C20H17NO4S2. The minimum Gasteiger partial charge on any atom is -0.467 e. The number of sulfone groups is 1. The number of furan rings is 1. The summed E-state index contributed by atoms with van der Waals surface area (Å²) in [5.74, 6) is 0.322. The normalized spacial score (nSPS) is 17.4. The molecule has 138 valence electrons. The molecule has 0 radical (unpaired) electrons. The molecule has 3 aromatic rings. The van der Waals surface area contributed by atoms with Crippen LogP contribution in [0.3, 0.4) is 0 Å². The number of thioether (sulfide) groups is 1. The van der Waals surface area contributed by atoms with Crippen molar-refractivity contribution in [1.82, 2.24) is 5.32 Å². The zero-order chi connectivity index (χ0) is 18.9. The van der Waals surface area contributed by atoms with Gasteiger partial charge >= 0.3 is 0 Å². The smallest absolute Gasteiger partial charge is 0.252 e. The van der Waals surface area contributed by atoms with Gasteiger partial charge in [0.1, 0.15) is 5.76 Å². The van der Waals surface area contributed by atoms with Gasteiger partial charge in [0.25, 0.3) is 5.91 Å². The van der Waals surface area contributed by atoms with Crippen LogP contribution >= 0.6 is 11.8 Å². The molecule has 5 nitrogen and oxygen atoms in total. The SMILES string of the molecule is O=C(NCc1ccco1)c1cccc2c1C(Sc1ccccc1)CS2(=O)=O. The topological polar surface area (TPSA) is 76.4 Å². The molecule has 1 aliphatic heterocycles. The number of carbonyl (C=O) groups excluding carboxylic acids is 1. The first-order chi connectivity index (χ1) is 13.0. The van der Waals surface area contributed by atoms with Gasteiger partial charge in [0, 0.05) is 10.5 Å². The summed E-state index contributed by atoms with van der Waals surface area (Å²) in [5.41, 5.74) is 0.983. The molecule has 2 aromatic carbocycles. The Hall–Kier alpha value is -2.51. The Labute approximate surface area is 161 Å². The number of benzene rings is 2. The highest BCUT2D eigenvalue weighted by Gasteiger charge is 2.38. The fraction of sp³-hybridized carbons (Fsp3) is 0.150. The average Bonchev–Trinajstić information content (AvgIpc) is 3.27. The highest BCUT2D eigenvalue weighted by atomic mass is 32.2. The summed E-state index contributed by atoms with van der Waals surface area (Å²) in [5, 5.41) is 2.48. The van der Waals surface area contributed by atoms with Gasteiger partial charge in [-0.25, -0.2) is 8.42 Å². The van der Waals surface area contributed by atoms with Gasteiger partial charge in [0.05, 0.1) is 28.7 Å². The zero-order valence-corrected chi connectivity index (χ0v) is 15.9. The van der Waals surface area contributed by atoms with E-state index in [4.69, 9.17) is 4.42 Å². The second-order valence-corrected chi connectivity index (χ2v) is 9.46. The average molecular weight is 399 g/mol. The van der Waals surface area contributed by atoms with E-state index in [2.05, 4.69) is 5.32 Å². The highest BCUT2D eigenvalue weighted by molar-refractivity contribution is 8.01. The Morgan fingerprint density at radius 1 is 1.07 bits per heavy atom. The van der Waals surface area contributed by atoms with E-state index in [9.17, 15) is 13.2 Å². The van der Waals surface area contributed by atoms with Crippen molar-refractivity contribution in [3.63, 3.8) is 0 Å². The van der Waals surface area contributed by atoms with E-state index in [1.807, 2.05) is 30.3 Å². The molecule has 7 heteroatoms. The van der Waals surface area contributed by atoms with E-state index in [1.165, 1.54) is 11.8 Å². The molecule has 1 amide bonds. The lowest BCUT2D eigenvalue weighted by Crippen LogP contribution is -2.24. The molecular weight excluding hydrogens is 382 g/mol. The molecule has 1 aliphatic rings. The van der Waals surface area contributed by atoms with Gasteiger partial charge in [0.2, 0.25) is 0 Å². The molecule has 0 saturated carbocycles. The molecule has 1 atom stereocenters. The van der Waals surface area contributed by atoms with Crippen molar-refractivity contribution in [2.75, 3.05) is 5.75 Å². The summed E-state index contributed by atoms with van der Waals surface area (Å²) in [4.78, 5) is 14.0. The van der Waals surface area contributed by atoms with Crippen LogP contribution in [0.5, 0.6) is 0 Å². The van der Waals surface area contributed by atoms with Crippen molar-refractivity contribution in [2.24, 2.45) is 0 Å². The molecule has 0 bridgehead atoms. The molecule has 2 heterocycles. The molecule has 0 spiro atoms. The van der Waals surface area contributed by atoms with Crippen LogP contribution in [-0.2, 0) is 16.4 Å². The summed E-state index contributed by atoms with van der Waals surface area (Å²) < 4.78 is 30.5. The minimum absolute atomic E-state index is 0.00955. The van der Waals surface area contributed by atoms with Gasteiger partial charge in [-0.2, -0.15) is 0 Å². The van der Waals surface area contributed by atoms with Crippen LogP contribution in [0, 0.1) is 0 Å². The molecule has 0 fully saturated rings. The molecule has 1 N–H and O–H groups in total. The van der Waals surface area contributed by atoms with Crippen molar-refractivity contribution in [3.05, 3.63) is 83.8 Å². The first kappa shape index (κ1) is 17.9. The van der Waals surface area contributed by atoms with Crippen LogP contribution < -0.4 is 5.32 Å². The highest BCUT2D eigenvalue weighted by Crippen LogP contribution is 2.46. The minimum atomic E-state index is -3.41. The summed E-state index contributed by atoms with van der Waals surface area (Å²) in [6.07, 6.45) is 1.54. The summed E-state index contributed by atoms with van der Waals surface area (Å²) in [6.45, 7) is 0.249. The van der Waals surface area contributed by atoms with Crippen LogP contribution in [-0.4, -0.2) is 20.1 Å². The summed E-state index contributed by atoms with van der Waals surface area (Å²) in [6, 6.07) is 18.0. The third-order valence-corrected chi connectivity index (χ3v) is 7.60. The van der Waals surface area contributed by atoms with E-state index in [-0.39, 0.29) is 28.4 Å². The first-order valence-electron chi connectivity index (χ1n) is 8.42. The van der Waals surface area contributed by atoms with Crippen molar-refractivity contribution >= 4 is 27.5 Å². The molecule has 4 rings (SSSR count). The number of fused-ring (bicyclic) bond motifs is 1. The lowest BCUT2D eigenvalue weighted by atomic mass is 10.0. The van der Waals surface area contributed by atoms with Gasteiger partial charge in [-0.15, -0.1) is 11.8 Å². The predicted octanol–water partition coefficient (Wildman–Crippen LogP) is 3.83. The van der Waals surface area contributed by atoms with Crippen LogP contribution in [0.25, 0.3) is 0 Å². The van der Waals surface area contributed by atoms with Crippen molar-refractivity contribution in [1.29, 1.82) is 0 Å². The molecule has 1 aromatic heterocycles. The summed E-state index contributed by atoms with van der Waals surface area (Å²) in [7, 11) is -3.41. The number of rotatable bonds is 5. The Morgan fingerprint density at radius 3 is 2.63 bits per heavy atom. The number of hydrogen-bond donors (Lipinski definition) is 1. The number of carbonyl (C=O) groups is 1. The van der Waals surface area contributed by atoms with Gasteiger partial charge in [0.15, 0.2) is 9.84 Å². The largest absolute Gasteiger partial charge is 0.467 e. The Morgan fingerprint density at radius 2 is 1.89 bits per heavy atom. The third-order valence-electron chi connectivity index (χ3n) is 4.36. The van der Waals surface area contributed by atoms with Gasteiger partial charge < -0.3 is 9.73 Å². The molecule has 1 unspecified atom stereocenters. The predicted molar refractivity (Wildman–Crippen MR) is 103 cm³/mol. The van der Waals surface area contributed by atoms with E-state index < -0.39 is 9.84 Å². The van der Waals surface area contributed by atoms with Gasteiger partial charge in [-0.1, -0.05) is 24.3 Å². The van der Waals surface area contributed by atoms with Gasteiger partial charge in [-0.3, -0.25) is 4.79 Å². The fourth-order valence-corrected chi connectivity index (χ4v) is 6.67. The second kappa shape index (κ2) is 7.25. The van der Waals surface area contributed by atoms with Crippen LogP contribution in [0.4, 0.5) is 0 Å². The van der Waals surface area contributed by atoms with Gasteiger partial charge in [-0.05, 0) is 42.0 Å². The van der Waals surface area contributed by atoms with E-state index >= 15 is 0 Å². The number of amides is 1. The quantitative estimate of drug-likeness (QED) is 0.706. The third kappa shape index (κ3) is 3.65. The lowest BCUT2D eigenvalue weighted by Gasteiger charge is -2.14. The first-order valence-corrected chi connectivity index (χ1v) is 11.0. The number of nitrogens with one attached hydrogen (secondary N) is 1. The Balaban J connectivity index is 1.66. The van der Waals surface area contributed by atoms with E-state index in [1.54, 1.807) is 36.6 Å². The van der Waals surface area contributed by atoms with Crippen molar-refractivity contribution < 1.29 is 17.6 Å². The Kier molecular flexibility index (Phi) is 4.80. The molecule has 0 saturated heterocycles. The summed E-state index contributed by atoms with van der Waals surface area (Å²) >= 11 is 1.47. The standard InChI is InChI=1S/C20H17NO4S2/c22-20(21-12-14-6-5-11-25-14)16-9-4-10-18-19(16)17(13-27(18,23)24)26-15-7-2-1-3-8-15/h1-11,17H,12-13H2,(H,21,22). The maximum Gasteiger partial charge on any atom is 0.252 e. The molecule has 0 aliphatic carbocycles. The fourth-order valence-electron chi connectivity index (χ4n) is 3.15. The zero-order valence-electron chi connectivity index (χ0n) is 14.3. The van der Waals surface area contributed by atoms with Crippen LogP contribution in [0.15, 0.2) is 81.1 Å². The van der Waals surface area contributed by atoms with Crippen molar-refractivity contribution in [3.8, 4) is 0 Å². The lowest BCUT2D eigenvalue weighted by molar-refractivity contribution is 0.0947. The maximum atomic E-state index is 12.8. The number of hydrogen-bond acceptors (Lipinski definition) is 5. The van der Waals surface area contributed by atoms with E-state index in [0.717, 1.165) is 4.90 Å². The Bertz CT molecular complexity index is 1060. The monoisotopic (exact) mass is 399 g/mol. The molecule has 27 heavy (non-hydrogen) atoms. The van der Waals surface area contributed by atoms with Crippen LogP contribution in [0.1, 0.15) is 26.9 Å². The second-order valence-electron chi connectivity index (χ2n) is 6.18. The van der Waals surface area contributed by atoms with Crippen LogP contribution in [0.2, 0.25) is 0 Å². The maximum absolute atomic E-state index is 12.8.